The Morgan fingerprint density at radius 1 is 1.68 bits per heavy atom. The number of aromatic carboxylic acids is 1. The van der Waals surface area contributed by atoms with E-state index in [2.05, 4.69) is 15.6 Å². The number of rotatable bonds is 5. The first kappa shape index (κ1) is 13.9. The van der Waals surface area contributed by atoms with Crippen LogP contribution in [0.1, 0.15) is 21.9 Å². The number of nitrogens with one attached hydrogen (secondary N) is 2. The van der Waals surface area contributed by atoms with Crippen LogP contribution in [0, 0.1) is 0 Å². The molecule has 2 heterocycles. The summed E-state index contributed by atoms with van der Waals surface area (Å²) >= 11 is 1.22. The van der Waals surface area contributed by atoms with E-state index in [9.17, 15) is 9.59 Å². The molecule has 0 aromatic carbocycles. The first-order valence-electron chi connectivity index (χ1n) is 5.81. The fourth-order valence-electron chi connectivity index (χ4n) is 1.86. The highest BCUT2D eigenvalue weighted by atomic mass is 32.1. The van der Waals surface area contributed by atoms with Crippen LogP contribution < -0.4 is 10.6 Å². The highest BCUT2D eigenvalue weighted by molar-refractivity contribution is 7.09. The summed E-state index contributed by atoms with van der Waals surface area (Å²) in [6.07, 6.45) is 0.704. The Morgan fingerprint density at radius 2 is 2.47 bits per heavy atom. The predicted molar refractivity (Wildman–Crippen MR) is 68.1 cm³/mol. The van der Waals surface area contributed by atoms with Gasteiger partial charge in [-0.25, -0.2) is 9.78 Å². The fourth-order valence-corrected chi connectivity index (χ4v) is 2.57. The molecule has 0 aliphatic carbocycles. The molecule has 0 spiro atoms. The second kappa shape index (κ2) is 6.09. The molecule has 1 aromatic rings. The largest absolute Gasteiger partial charge is 0.476 e. The zero-order valence-corrected chi connectivity index (χ0v) is 11.2. The van der Waals surface area contributed by atoms with Crippen molar-refractivity contribution in [1.82, 2.24) is 15.6 Å². The van der Waals surface area contributed by atoms with Gasteiger partial charge in [-0.2, -0.15) is 0 Å². The highest BCUT2D eigenvalue weighted by Gasteiger charge is 2.29. The summed E-state index contributed by atoms with van der Waals surface area (Å²) < 4.78 is 5.17. The number of carbonyl (C=O) groups is 2. The fraction of sp³-hybridized carbons (Fsp3) is 0.545. The summed E-state index contributed by atoms with van der Waals surface area (Å²) in [7, 11) is 1.62. The monoisotopic (exact) mass is 285 g/mol. The maximum Gasteiger partial charge on any atom is 0.355 e. The lowest BCUT2D eigenvalue weighted by molar-refractivity contribution is -0.123. The van der Waals surface area contributed by atoms with Crippen molar-refractivity contribution < 1.29 is 19.4 Å². The van der Waals surface area contributed by atoms with Crippen LogP contribution in [0.25, 0.3) is 0 Å². The van der Waals surface area contributed by atoms with E-state index in [1.807, 2.05) is 0 Å². The van der Waals surface area contributed by atoms with Crippen LogP contribution in [0.5, 0.6) is 0 Å². The summed E-state index contributed by atoms with van der Waals surface area (Å²) in [6, 6.07) is -0.260. The molecule has 104 valence electrons. The van der Waals surface area contributed by atoms with E-state index < -0.39 is 5.97 Å². The summed E-state index contributed by atoms with van der Waals surface area (Å²) in [5.74, 6) is -1.18. The van der Waals surface area contributed by atoms with Gasteiger partial charge in [-0.1, -0.05) is 0 Å². The zero-order chi connectivity index (χ0) is 13.8. The summed E-state index contributed by atoms with van der Waals surface area (Å²) in [4.78, 5) is 26.4. The minimum atomic E-state index is -1.06. The van der Waals surface area contributed by atoms with Crippen molar-refractivity contribution in [2.45, 2.75) is 25.1 Å². The number of methoxy groups -OCH3 is 1. The minimum absolute atomic E-state index is 0.00712. The van der Waals surface area contributed by atoms with Crippen LogP contribution in [0.3, 0.4) is 0 Å². The van der Waals surface area contributed by atoms with Gasteiger partial charge < -0.3 is 20.5 Å². The standard InChI is InChI=1S/C11H15N3O4S/c1-18-6-2-7(12-3-6)10(15)13-4-9-14-8(5-19-9)11(16)17/h5-7,12H,2-4H2,1H3,(H,13,15)(H,16,17). The number of hydrogen-bond acceptors (Lipinski definition) is 6. The van der Waals surface area contributed by atoms with Gasteiger partial charge in [0.15, 0.2) is 5.69 Å². The number of amides is 1. The average molecular weight is 285 g/mol. The molecule has 8 heteroatoms. The first-order chi connectivity index (χ1) is 9.10. The second-order valence-corrected chi connectivity index (χ2v) is 5.15. The Balaban J connectivity index is 1.81. The Labute approximate surface area is 114 Å². The van der Waals surface area contributed by atoms with Gasteiger partial charge >= 0.3 is 5.97 Å². The second-order valence-electron chi connectivity index (χ2n) is 4.20. The number of carbonyl (C=O) groups excluding carboxylic acids is 1. The lowest BCUT2D eigenvalue weighted by Gasteiger charge is -2.10. The maximum atomic E-state index is 11.9. The molecule has 1 aliphatic rings. The van der Waals surface area contributed by atoms with E-state index >= 15 is 0 Å². The Kier molecular flexibility index (Phi) is 4.46. The molecule has 2 unspecified atom stereocenters. The van der Waals surface area contributed by atoms with E-state index in [0.29, 0.717) is 18.0 Å². The van der Waals surface area contributed by atoms with E-state index in [1.54, 1.807) is 7.11 Å². The van der Waals surface area contributed by atoms with Crippen molar-refractivity contribution in [1.29, 1.82) is 0 Å². The van der Waals surface area contributed by atoms with Gasteiger partial charge in [-0.05, 0) is 6.42 Å². The Hall–Kier alpha value is -1.51. The molecule has 0 bridgehead atoms. The molecule has 0 saturated carbocycles. The molecular formula is C11H15N3O4S. The van der Waals surface area contributed by atoms with Crippen LogP contribution in [0.15, 0.2) is 5.38 Å². The van der Waals surface area contributed by atoms with Crippen molar-refractivity contribution >= 4 is 23.2 Å². The number of aromatic nitrogens is 1. The van der Waals surface area contributed by atoms with Crippen LogP contribution in [-0.2, 0) is 16.1 Å². The van der Waals surface area contributed by atoms with Crippen LogP contribution in [0.2, 0.25) is 0 Å². The van der Waals surface area contributed by atoms with E-state index in [4.69, 9.17) is 9.84 Å². The number of carboxylic acids is 1. The summed E-state index contributed by atoms with van der Waals surface area (Å²) in [5.41, 5.74) is 0.00712. The zero-order valence-electron chi connectivity index (χ0n) is 10.4. The number of ether oxygens (including phenoxy) is 1. The van der Waals surface area contributed by atoms with Crippen molar-refractivity contribution in [3.63, 3.8) is 0 Å². The molecule has 1 aromatic heterocycles. The summed E-state index contributed by atoms with van der Waals surface area (Å²) in [6.45, 7) is 0.904. The lowest BCUT2D eigenvalue weighted by Crippen LogP contribution is -2.40. The molecule has 1 aliphatic heterocycles. The first-order valence-corrected chi connectivity index (χ1v) is 6.69. The third-order valence-corrected chi connectivity index (χ3v) is 3.77. The molecule has 0 radical (unpaired) electrons. The predicted octanol–water partition coefficient (Wildman–Crippen LogP) is -0.166. The van der Waals surface area contributed by atoms with Crippen molar-refractivity contribution in [3.8, 4) is 0 Å². The third-order valence-electron chi connectivity index (χ3n) is 2.93. The summed E-state index contributed by atoms with van der Waals surface area (Å²) in [5, 5.41) is 16.6. The number of carboxylic acid groups (broad SMARTS) is 1. The van der Waals surface area contributed by atoms with Crippen molar-refractivity contribution in [2.24, 2.45) is 0 Å². The van der Waals surface area contributed by atoms with E-state index in [0.717, 1.165) is 0 Å². The SMILES string of the molecule is COC1CNC(C(=O)NCc2nc(C(=O)O)cs2)C1. The molecule has 3 N–H and O–H groups in total. The van der Waals surface area contributed by atoms with Gasteiger partial charge in [0.05, 0.1) is 18.7 Å². The normalized spacial score (nSPS) is 22.4. The Morgan fingerprint density at radius 3 is 3.05 bits per heavy atom. The maximum absolute atomic E-state index is 11.9. The molecule has 1 fully saturated rings. The lowest BCUT2D eigenvalue weighted by atomic mass is 10.2. The van der Waals surface area contributed by atoms with Crippen LogP contribution in [0.4, 0.5) is 0 Å². The Bertz CT molecular complexity index is 476. The third kappa shape index (κ3) is 3.49. The molecule has 2 atom stereocenters. The van der Waals surface area contributed by atoms with Gasteiger partial charge in [0.2, 0.25) is 5.91 Å². The van der Waals surface area contributed by atoms with Gasteiger partial charge in [0.1, 0.15) is 5.01 Å². The smallest absolute Gasteiger partial charge is 0.355 e. The molecule has 19 heavy (non-hydrogen) atoms. The van der Waals surface area contributed by atoms with Crippen molar-refractivity contribution in [2.75, 3.05) is 13.7 Å². The highest BCUT2D eigenvalue weighted by Crippen LogP contribution is 2.11. The molecule has 2 rings (SSSR count). The van der Waals surface area contributed by atoms with Gasteiger partial charge in [-0.3, -0.25) is 4.79 Å². The van der Waals surface area contributed by atoms with Crippen LogP contribution in [-0.4, -0.2) is 47.8 Å². The topological polar surface area (TPSA) is 101 Å². The van der Waals surface area contributed by atoms with E-state index in [-0.39, 0.29) is 30.3 Å². The van der Waals surface area contributed by atoms with Crippen LogP contribution >= 0.6 is 11.3 Å². The number of hydrogen-bond donors (Lipinski definition) is 3. The van der Waals surface area contributed by atoms with E-state index in [1.165, 1.54) is 16.7 Å². The number of nitrogens with zero attached hydrogens (tertiary/aromatic N) is 1. The molecule has 1 saturated heterocycles. The molecule has 7 nitrogen and oxygen atoms in total. The van der Waals surface area contributed by atoms with Gasteiger partial charge in [-0.15, -0.1) is 11.3 Å². The van der Waals surface area contributed by atoms with Gasteiger partial charge in [0, 0.05) is 19.0 Å². The number of thiazole rings is 1. The quantitative estimate of drug-likeness (QED) is 0.694. The average Bonchev–Trinajstić information content (AvgIpc) is 3.04. The van der Waals surface area contributed by atoms with Gasteiger partial charge in [0.25, 0.3) is 0 Å². The molecule has 1 amide bonds. The molecular weight excluding hydrogens is 270 g/mol. The minimum Gasteiger partial charge on any atom is -0.476 e. The van der Waals surface area contributed by atoms with Crippen molar-refractivity contribution in [3.05, 3.63) is 16.1 Å².